The first-order valence-electron chi connectivity index (χ1n) is 18.2. The summed E-state index contributed by atoms with van der Waals surface area (Å²) >= 11 is 0. The number of nitrogens with zero attached hydrogens (tertiary/aromatic N) is 4. The first-order chi connectivity index (χ1) is 23.4. The molecule has 0 aliphatic carbocycles. The Morgan fingerprint density at radius 1 is 0.688 bits per heavy atom. The quantitative estimate of drug-likeness (QED) is 0.0780. The molecule has 8 heteroatoms. The van der Waals surface area contributed by atoms with Crippen molar-refractivity contribution in [1.82, 2.24) is 19.4 Å². The Bertz CT molecular complexity index is 1510. The normalized spacial score (nSPS) is 11.6. The average molecular weight is 659 g/mol. The predicted octanol–water partition coefficient (Wildman–Crippen LogP) is 9.30. The molecule has 0 aliphatic rings. The fourth-order valence-electron chi connectivity index (χ4n) is 5.84. The number of imidazole rings is 1. The number of rotatable bonds is 22. The highest BCUT2D eigenvalue weighted by Gasteiger charge is 2.19. The van der Waals surface area contributed by atoms with Gasteiger partial charge in [-0.1, -0.05) is 53.2 Å². The van der Waals surface area contributed by atoms with E-state index in [4.69, 9.17) is 23.9 Å². The number of benzene rings is 3. The van der Waals surface area contributed by atoms with Crippen LogP contribution in [0.4, 0.5) is 0 Å². The second-order valence-corrected chi connectivity index (χ2v) is 12.4. The van der Waals surface area contributed by atoms with Gasteiger partial charge in [0.1, 0.15) is 22.8 Å². The molecule has 0 aliphatic heterocycles. The maximum atomic E-state index is 6.49. The lowest BCUT2D eigenvalue weighted by molar-refractivity contribution is 0.233. The molecule has 1 aromatic heterocycles. The van der Waals surface area contributed by atoms with Gasteiger partial charge in [-0.3, -0.25) is 0 Å². The molecule has 0 N–H and O–H groups in total. The number of fused-ring (bicyclic) bond motifs is 1. The Hall–Kier alpha value is -3.75. The zero-order valence-corrected chi connectivity index (χ0v) is 30.5. The number of unbranched alkanes of at least 4 members (excludes halogenated alkanes) is 1. The average Bonchev–Trinajstić information content (AvgIpc) is 3.46. The molecule has 0 unspecified atom stereocenters. The van der Waals surface area contributed by atoms with E-state index in [9.17, 15) is 0 Å². The summed E-state index contributed by atoms with van der Waals surface area (Å²) in [6, 6.07) is 20.1. The van der Waals surface area contributed by atoms with E-state index in [0.29, 0.717) is 19.0 Å². The summed E-state index contributed by atoms with van der Waals surface area (Å²) in [7, 11) is 0. The van der Waals surface area contributed by atoms with E-state index in [0.717, 1.165) is 117 Å². The van der Waals surface area contributed by atoms with Gasteiger partial charge in [-0.2, -0.15) is 0 Å². The van der Waals surface area contributed by atoms with E-state index in [2.05, 4.69) is 67.2 Å². The summed E-state index contributed by atoms with van der Waals surface area (Å²) in [5.74, 6) is 4.70. The molecule has 0 radical (unpaired) electrons. The molecular formula is C40H58N4O4. The van der Waals surface area contributed by atoms with Crippen LogP contribution >= 0.6 is 0 Å². The first kappa shape index (κ1) is 37.1. The van der Waals surface area contributed by atoms with Crippen LogP contribution in [-0.4, -0.2) is 77.9 Å². The van der Waals surface area contributed by atoms with Gasteiger partial charge in [0.2, 0.25) is 0 Å². The fourth-order valence-corrected chi connectivity index (χ4v) is 5.84. The maximum absolute atomic E-state index is 6.49. The van der Waals surface area contributed by atoms with Crippen LogP contribution in [-0.2, 0) is 6.54 Å². The van der Waals surface area contributed by atoms with E-state index < -0.39 is 0 Å². The number of ether oxygens (including phenoxy) is 4. The van der Waals surface area contributed by atoms with Crippen LogP contribution in [0, 0.1) is 0 Å². The fraction of sp³-hybridized carbons (Fsp3) is 0.525. The summed E-state index contributed by atoms with van der Waals surface area (Å²) in [5.41, 5.74) is 2.94. The van der Waals surface area contributed by atoms with Gasteiger partial charge in [-0.05, 0) is 95.7 Å². The molecule has 0 spiro atoms. The van der Waals surface area contributed by atoms with E-state index in [1.807, 2.05) is 56.3 Å². The second-order valence-electron chi connectivity index (χ2n) is 12.4. The minimum absolute atomic E-state index is 0.0582. The van der Waals surface area contributed by atoms with E-state index in [-0.39, 0.29) is 6.10 Å². The summed E-state index contributed by atoms with van der Waals surface area (Å²) in [5, 5.41) is 0. The SMILES string of the molecule is CCCCn1c(-c2ccc(Oc3ccccc3OC(C)C)cc2)nc2c(OCCCN(CC)CC)cc(OCCCN(CC)CC)cc21. The molecular weight excluding hydrogens is 600 g/mol. The van der Waals surface area contributed by atoms with Crippen LogP contribution in [0.2, 0.25) is 0 Å². The lowest BCUT2D eigenvalue weighted by Crippen LogP contribution is -2.25. The van der Waals surface area contributed by atoms with Gasteiger partial charge in [0.05, 0.1) is 24.8 Å². The molecule has 3 aromatic carbocycles. The van der Waals surface area contributed by atoms with Crippen molar-refractivity contribution >= 4 is 11.0 Å². The van der Waals surface area contributed by atoms with Crippen molar-refractivity contribution < 1.29 is 18.9 Å². The van der Waals surface area contributed by atoms with Crippen LogP contribution in [0.3, 0.4) is 0 Å². The van der Waals surface area contributed by atoms with Crippen LogP contribution in [0.5, 0.6) is 28.7 Å². The summed E-state index contributed by atoms with van der Waals surface area (Å²) < 4.78 is 27.4. The minimum Gasteiger partial charge on any atom is -0.493 e. The van der Waals surface area contributed by atoms with Crippen molar-refractivity contribution in [3.05, 3.63) is 60.7 Å². The molecule has 0 fully saturated rings. The van der Waals surface area contributed by atoms with Gasteiger partial charge in [-0.15, -0.1) is 0 Å². The zero-order chi connectivity index (χ0) is 34.3. The molecule has 0 saturated carbocycles. The topological polar surface area (TPSA) is 61.2 Å². The monoisotopic (exact) mass is 658 g/mol. The minimum atomic E-state index is 0.0582. The molecule has 1 heterocycles. The summed E-state index contributed by atoms with van der Waals surface area (Å²) in [6.07, 6.45) is 4.11. The highest BCUT2D eigenvalue weighted by atomic mass is 16.5. The van der Waals surface area contributed by atoms with Gasteiger partial charge in [-0.25, -0.2) is 4.98 Å². The third kappa shape index (κ3) is 10.4. The van der Waals surface area contributed by atoms with Crippen LogP contribution < -0.4 is 18.9 Å². The molecule has 48 heavy (non-hydrogen) atoms. The number of para-hydroxylation sites is 2. The van der Waals surface area contributed by atoms with E-state index in [1.165, 1.54) is 0 Å². The Kier molecular flexibility index (Phi) is 14.9. The Morgan fingerprint density at radius 2 is 1.31 bits per heavy atom. The number of aromatic nitrogens is 2. The summed E-state index contributed by atoms with van der Waals surface area (Å²) in [6.45, 7) is 23.5. The summed E-state index contributed by atoms with van der Waals surface area (Å²) in [4.78, 5) is 10.1. The highest BCUT2D eigenvalue weighted by molar-refractivity contribution is 5.87. The molecule has 0 atom stereocenters. The van der Waals surface area contributed by atoms with Crippen LogP contribution in [0.25, 0.3) is 22.4 Å². The molecule has 4 rings (SSSR count). The van der Waals surface area contributed by atoms with Gasteiger partial charge < -0.3 is 33.3 Å². The Balaban J connectivity index is 1.64. The van der Waals surface area contributed by atoms with Crippen molar-refractivity contribution in [3.63, 3.8) is 0 Å². The zero-order valence-electron chi connectivity index (χ0n) is 30.5. The van der Waals surface area contributed by atoms with Gasteiger partial charge in [0.25, 0.3) is 0 Å². The molecule has 262 valence electrons. The largest absolute Gasteiger partial charge is 0.493 e. The molecule has 0 bridgehead atoms. The smallest absolute Gasteiger partial charge is 0.169 e. The van der Waals surface area contributed by atoms with E-state index >= 15 is 0 Å². The Morgan fingerprint density at radius 3 is 1.92 bits per heavy atom. The van der Waals surface area contributed by atoms with Crippen LogP contribution in [0.15, 0.2) is 60.7 Å². The number of aryl methyl sites for hydroxylation is 1. The van der Waals surface area contributed by atoms with Crippen molar-refractivity contribution in [2.75, 3.05) is 52.5 Å². The third-order valence-electron chi connectivity index (χ3n) is 8.63. The molecule has 0 amide bonds. The predicted molar refractivity (Wildman–Crippen MR) is 198 cm³/mol. The molecule has 8 nitrogen and oxygen atoms in total. The maximum Gasteiger partial charge on any atom is 0.169 e. The molecule has 0 saturated heterocycles. The first-order valence-corrected chi connectivity index (χ1v) is 18.2. The second kappa shape index (κ2) is 19.3. The van der Waals surface area contributed by atoms with E-state index in [1.54, 1.807) is 0 Å². The van der Waals surface area contributed by atoms with Gasteiger partial charge in [0.15, 0.2) is 17.2 Å². The molecule has 4 aromatic rings. The van der Waals surface area contributed by atoms with Gasteiger partial charge >= 0.3 is 0 Å². The van der Waals surface area contributed by atoms with Crippen molar-refractivity contribution in [1.29, 1.82) is 0 Å². The number of hydrogen-bond donors (Lipinski definition) is 0. The van der Waals surface area contributed by atoms with Crippen LogP contribution in [0.1, 0.15) is 74.1 Å². The lowest BCUT2D eigenvalue weighted by Gasteiger charge is -2.18. The van der Waals surface area contributed by atoms with Crippen molar-refractivity contribution in [2.24, 2.45) is 0 Å². The standard InChI is InChI=1S/C40H58N4O4/c1-8-13-26-44-35-29-34(45-27-16-24-42(9-2)10-3)30-38(46-28-17-25-43(11-4)12-5)39(35)41-40(44)32-20-22-33(23-21-32)48-37-19-15-14-18-36(37)47-31(6)7/h14-15,18-23,29-31H,8-13,16-17,24-28H2,1-7H3. The highest BCUT2D eigenvalue weighted by Crippen LogP contribution is 2.37. The third-order valence-corrected chi connectivity index (χ3v) is 8.63. The van der Waals surface area contributed by atoms with Crippen molar-refractivity contribution in [2.45, 2.75) is 86.8 Å². The lowest BCUT2D eigenvalue weighted by atomic mass is 10.2. The van der Waals surface area contributed by atoms with Crippen molar-refractivity contribution in [3.8, 4) is 40.1 Å². The Labute approximate surface area is 289 Å². The van der Waals surface area contributed by atoms with Gasteiger partial charge in [0, 0.05) is 37.3 Å². The number of hydrogen-bond acceptors (Lipinski definition) is 7.